The average molecular weight is 258 g/mol. The van der Waals surface area contributed by atoms with Gasteiger partial charge < -0.3 is 20.1 Å². The molecule has 1 aliphatic rings. The van der Waals surface area contributed by atoms with E-state index < -0.39 is 11.9 Å². The zero-order chi connectivity index (χ0) is 13.5. The van der Waals surface area contributed by atoms with Crippen molar-refractivity contribution >= 4 is 12.0 Å². The van der Waals surface area contributed by atoms with E-state index in [2.05, 4.69) is 5.32 Å². The van der Waals surface area contributed by atoms with Crippen molar-refractivity contribution in [1.82, 2.24) is 10.2 Å². The number of aliphatic carboxylic acids is 1. The van der Waals surface area contributed by atoms with Gasteiger partial charge in [-0.3, -0.25) is 4.79 Å². The summed E-state index contributed by atoms with van der Waals surface area (Å²) in [5.74, 6) is -1.26. The summed E-state index contributed by atoms with van der Waals surface area (Å²) in [4.78, 5) is 24.1. The Morgan fingerprint density at radius 3 is 2.61 bits per heavy atom. The van der Waals surface area contributed by atoms with Crippen molar-refractivity contribution in [2.75, 3.05) is 26.8 Å². The average Bonchev–Trinajstić information content (AvgIpc) is 2.38. The number of nitrogens with one attached hydrogen (secondary N) is 1. The number of hydrogen-bond donors (Lipinski definition) is 2. The van der Waals surface area contributed by atoms with Crippen molar-refractivity contribution in [1.29, 1.82) is 0 Å². The van der Waals surface area contributed by atoms with Gasteiger partial charge in [-0.25, -0.2) is 4.79 Å². The summed E-state index contributed by atoms with van der Waals surface area (Å²) in [6.45, 7) is 3.41. The van der Waals surface area contributed by atoms with Gasteiger partial charge in [0.2, 0.25) is 0 Å². The lowest BCUT2D eigenvalue weighted by molar-refractivity contribution is -0.141. The van der Waals surface area contributed by atoms with E-state index in [1.54, 1.807) is 18.9 Å². The molecule has 0 aliphatic carbocycles. The van der Waals surface area contributed by atoms with Crippen LogP contribution in [0.1, 0.15) is 26.2 Å². The zero-order valence-electron chi connectivity index (χ0n) is 11.0. The third-order valence-corrected chi connectivity index (χ3v) is 3.33. The summed E-state index contributed by atoms with van der Waals surface area (Å²) >= 11 is 0. The normalized spacial score (nSPS) is 18.1. The van der Waals surface area contributed by atoms with E-state index in [4.69, 9.17) is 9.84 Å². The lowest BCUT2D eigenvalue weighted by Crippen LogP contribution is -2.46. The molecular weight excluding hydrogens is 236 g/mol. The molecule has 2 N–H and O–H groups in total. The largest absolute Gasteiger partial charge is 0.481 e. The molecule has 1 aliphatic heterocycles. The lowest BCUT2D eigenvalue weighted by atomic mass is 10.1. The van der Waals surface area contributed by atoms with Gasteiger partial charge in [0.1, 0.15) is 0 Å². The van der Waals surface area contributed by atoms with Crippen molar-refractivity contribution in [3.8, 4) is 0 Å². The number of urea groups is 1. The van der Waals surface area contributed by atoms with Crippen molar-refractivity contribution in [3.05, 3.63) is 0 Å². The van der Waals surface area contributed by atoms with Crippen molar-refractivity contribution in [2.24, 2.45) is 5.92 Å². The molecule has 2 amide bonds. The second-order valence-corrected chi connectivity index (χ2v) is 4.71. The van der Waals surface area contributed by atoms with Crippen molar-refractivity contribution in [3.63, 3.8) is 0 Å². The van der Waals surface area contributed by atoms with Crippen LogP contribution in [0.2, 0.25) is 0 Å². The topological polar surface area (TPSA) is 78.9 Å². The fraction of sp³-hybridized carbons (Fsp3) is 0.833. The van der Waals surface area contributed by atoms with Gasteiger partial charge in [0.25, 0.3) is 0 Å². The Hall–Kier alpha value is -1.30. The smallest absolute Gasteiger partial charge is 0.317 e. The highest BCUT2D eigenvalue weighted by Crippen LogP contribution is 2.12. The minimum Gasteiger partial charge on any atom is -0.481 e. The van der Waals surface area contributed by atoms with Gasteiger partial charge in [-0.05, 0) is 19.3 Å². The summed E-state index contributed by atoms with van der Waals surface area (Å²) in [5, 5.41) is 11.5. The van der Waals surface area contributed by atoms with Crippen LogP contribution in [0, 0.1) is 5.92 Å². The number of nitrogens with zero attached hydrogens (tertiary/aromatic N) is 1. The summed E-state index contributed by atoms with van der Waals surface area (Å²) in [6.07, 6.45) is 2.16. The van der Waals surface area contributed by atoms with Crippen molar-refractivity contribution in [2.45, 2.75) is 32.2 Å². The van der Waals surface area contributed by atoms with Crippen LogP contribution >= 0.6 is 0 Å². The minimum absolute atomic E-state index is 0.139. The number of rotatable bonds is 5. The van der Waals surface area contributed by atoms with E-state index in [0.29, 0.717) is 26.2 Å². The molecule has 1 heterocycles. The van der Waals surface area contributed by atoms with Gasteiger partial charge in [-0.1, -0.05) is 6.92 Å². The first kappa shape index (κ1) is 14.8. The molecular formula is C12H22N2O4. The van der Waals surface area contributed by atoms with Crippen molar-refractivity contribution < 1.29 is 19.4 Å². The Kier molecular flexibility index (Phi) is 5.91. The summed E-state index contributed by atoms with van der Waals surface area (Å²) < 4.78 is 5.24. The molecule has 6 heteroatoms. The highest BCUT2D eigenvalue weighted by atomic mass is 16.5. The van der Waals surface area contributed by atoms with E-state index in [-0.39, 0.29) is 12.1 Å². The number of carboxylic acid groups (broad SMARTS) is 1. The number of carbonyl (C=O) groups excluding carboxylic acids is 1. The van der Waals surface area contributed by atoms with E-state index in [0.717, 1.165) is 12.8 Å². The van der Waals surface area contributed by atoms with Crippen LogP contribution in [0.5, 0.6) is 0 Å². The van der Waals surface area contributed by atoms with Gasteiger partial charge in [0.15, 0.2) is 0 Å². The Labute approximate surface area is 107 Å². The Balaban J connectivity index is 2.24. The molecule has 0 radical (unpaired) electrons. The van der Waals surface area contributed by atoms with Crippen LogP contribution in [0.25, 0.3) is 0 Å². The first-order valence-corrected chi connectivity index (χ1v) is 6.33. The molecule has 0 aromatic carbocycles. The predicted molar refractivity (Wildman–Crippen MR) is 66.4 cm³/mol. The predicted octanol–water partition coefficient (Wildman–Crippen LogP) is 0.918. The Morgan fingerprint density at radius 1 is 1.44 bits per heavy atom. The van der Waals surface area contributed by atoms with E-state index in [9.17, 15) is 9.59 Å². The number of carbonyl (C=O) groups is 2. The molecule has 1 fully saturated rings. The van der Waals surface area contributed by atoms with Gasteiger partial charge in [-0.15, -0.1) is 0 Å². The third kappa shape index (κ3) is 4.52. The van der Waals surface area contributed by atoms with Crippen LogP contribution in [0.3, 0.4) is 0 Å². The number of carboxylic acids is 1. The molecule has 1 saturated heterocycles. The van der Waals surface area contributed by atoms with Crippen LogP contribution < -0.4 is 5.32 Å². The van der Waals surface area contributed by atoms with E-state index in [1.807, 2.05) is 0 Å². The van der Waals surface area contributed by atoms with Gasteiger partial charge >= 0.3 is 12.0 Å². The first-order chi connectivity index (χ1) is 8.52. The summed E-state index contributed by atoms with van der Waals surface area (Å²) in [5.41, 5.74) is 0. The fourth-order valence-corrected chi connectivity index (χ4v) is 1.88. The summed E-state index contributed by atoms with van der Waals surface area (Å²) in [6, 6.07) is 0.0788. The monoisotopic (exact) mass is 258 g/mol. The molecule has 0 aromatic rings. The molecule has 18 heavy (non-hydrogen) atoms. The maximum Gasteiger partial charge on any atom is 0.317 e. The quantitative estimate of drug-likeness (QED) is 0.768. The molecule has 0 bridgehead atoms. The highest BCUT2D eigenvalue weighted by molar-refractivity contribution is 5.74. The molecule has 1 rings (SSSR count). The van der Waals surface area contributed by atoms with E-state index >= 15 is 0 Å². The van der Waals surface area contributed by atoms with E-state index in [1.165, 1.54) is 0 Å². The molecule has 6 nitrogen and oxygen atoms in total. The molecule has 1 unspecified atom stereocenters. The van der Waals surface area contributed by atoms with Crippen LogP contribution in [0.4, 0.5) is 4.79 Å². The van der Waals surface area contributed by atoms with Gasteiger partial charge in [0, 0.05) is 32.8 Å². The second kappa shape index (κ2) is 7.20. The second-order valence-electron chi connectivity index (χ2n) is 4.71. The molecule has 0 spiro atoms. The molecule has 0 aromatic heterocycles. The third-order valence-electron chi connectivity index (χ3n) is 3.33. The Bertz CT molecular complexity index is 290. The molecule has 0 saturated carbocycles. The lowest BCUT2D eigenvalue weighted by Gasteiger charge is -2.31. The molecule has 1 atom stereocenters. The van der Waals surface area contributed by atoms with Crippen LogP contribution in [-0.4, -0.2) is 54.9 Å². The minimum atomic E-state index is -0.831. The maximum atomic E-state index is 11.8. The van der Waals surface area contributed by atoms with Crippen LogP contribution in [0.15, 0.2) is 0 Å². The number of amides is 2. The molecule has 104 valence electrons. The van der Waals surface area contributed by atoms with Crippen LogP contribution in [-0.2, 0) is 9.53 Å². The first-order valence-electron chi connectivity index (χ1n) is 6.33. The van der Waals surface area contributed by atoms with Gasteiger partial charge in [0.05, 0.1) is 5.92 Å². The fourth-order valence-electron chi connectivity index (χ4n) is 1.88. The zero-order valence-corrected chi connectivity index (χ0v) is 11.0. The highest BCUT2D eigenvalue weighted by Gasteiger charge is 2.22. The summed E-state index contributed by atoms with van der Waals surface area (Å²) in [7, 11) is 1.77. The number of ether oxygens (including phenoxy) is 1. The SMILES string of the molecule is CC(CCNC(=O)N(C)C1CCOCC1)C(=O)O. The standard InChI is InChI=1S/C12H22N2O4/c1-9(11(15)16)3-6-13-12(17)14(2)10-4-7-18-8-5-10/h9-10H,3-8H2,1-2H3,(H,13,17)(H,15,16). The number of hydrogen-bond acceptors (Lipinski definition) is 3. The maximum absolute atomic E-state index is 11.8. The Morgan fingerprint density at radius 2 is 2.06 bits per heavy atom. The van der Waals surface area contributed by atoms with Gasteiger partial charge in [-0.2, -0.15) is 0 Å².